The van der Waals surface area contributed by atoms with E-state index in [0.29, 0.717) is 17.9 Å². The van der Waals surface area contributed by atoms with Crippen molar-refractivity contribution in [2.75, 3.05) is 0 Å². The number of rotatable bonds is 0. The van der Waals surface area contributed by atoms with Crippen LogP contribution in [0.25, 0.3) is 0 Å². The fourth-order valence-corrected chi connectivity index (χ4v) is 1.81. The summed E-state index contributed by atoms with van der Waals surface area (Å²) in [5.74, 6) is 1.28. The molecule has 0 saturated heterocycles. The van der Waals surface area contributed by atoms with Crippen LogP contribution in [0.15, 0.2) is 42.6 Å². The Morgan fingerprint density at radius 3 is 2.81 bits per heavy atom. The van der Waals surface area contributed by atoms with Crippen LogP contribution >= 0.6 is 0 Å². The van der Waals surface area contributed by atoms with Crippen LogP contribution in [0.2, 0.25) is 0 Å². The van der Waals surface area contributed by atoms with E-state index in [2.05, 4.69) is 4.98 Å². The molecule has 78 valence electrons. The first kappa shape index (κ1) is 9.09. The molecule has 2 heterocycles. The molecule has 3 nitrogen and oxygen atoms in total. The number of Topliss-reactive ketones (excluding diaryl/α,β-unsaturated/α-hetero) is 1. The fourth-order valence-electron chi connectivity index (χ4n) is 1.81. The van der Waals surface area contributed by atoms with E-state index >= 15 is 0 Å². The van der Waals surface area contributed by atoms with Gasteiger partial charge in [-0.2, -0.15) is 0 Å². The van der Waals surface area contributed by atoms with Crippen LogP contribution < -0.4 is 4.74 Å². The van der Waals surface area contributed by atoms with Gasteiger partial charge in [-0.1, -0.05) is 18.2 Å². The Hall–Kier alpha value is -2.16. The van der Waals surface area contributed by atoms with Crippen LogP contribution in [-0.2, 0) is 6.42 Å². The predicted octanol–water partition coefficient (Wildman–Crippen LogP) is 2.61. The summed E-state index contributed by atoms with van der Waals surface area (Å²) in [5, 5.41) is 0. The highest BCUT2D eigenvalue weighted by molar-refractivity contribution is 5.99. The number of carbonyl (C=O) groups is 1. The van der Waals surface area contributed by atoms with Gasteiger partial charge in [0.05, 0.1) is 0 Å². The third-order valence-corrected chi connectivity index (χ3v) is 2.58. The maximum atomic E-state index is 11.9. The Kier molecular flexibility index (Phi) is 1.96. The molecular weight excluding hydrogens is 202 g/mol. The van der Waals surface area contributed by atoms with Crippen molar-refractivity contribution < 1.29 is 9.53 Å². The van der Waals surface area contributed by atoms with Crippen LogP contribution in [0, 0.1) is 0 Å². The van der Waals surface area contributed by atoms with Gasteiger partial charge < -0.3 is 4.74 Å². The number of hydrogen-bond acceptors (Lipinski definition) is 3. The molecule has 0 unspecified atom stereocenters. The lowest BCUT2D eigenvalue weighted by atomic mass is 10.1. The minimum Gasteiger partial charge on any atom is -0.455 e. The van der Waals surface area contributed by atoms with Gasteiger partial charge in [0.1, 0.15) is 11.4 Å². The molecule has 1 aliphatic rings. The second-order valence-corrected chi connectivity index (χ2v) is 3.66. The molecule has 0 bridgehead atoms. The molecule has 3 rings (SSSR count). The van der Waals surface area contributed by atoms with E-state index in [1.165, 1.54) is 0 Å². The molecule has 0 N–H and O–H groups in total. The summed E-state index contributed by atoms with van der Waals surface area (Å²) in [5.41, 5.74) is 1.32. The van der Waals surface area contributed by atoms with Crippen molar-refractivity contribution in [2.24, 2.45) is 0 Å². The van der Waals surface area contributed by atoms with Gasteiger partial charge in [0.15, 0.2) is 11.5 Å². The standard InChI is InChI=1S/C13H9NO2/c15-10-8-9-4-1-2-5-11(9)16-12-6-3-7-14-13(10)12/h1-7H,8H2. The Bertz CT molecular complexity index is 563. The maximum Gasteiger partial charge on any atom is 0.189 e. The SMILES string of the molecule is O=C1Cc2ccccc2Oc2cccnc21. The van der Waals surface area contributed by atoms with E-state index in [4.69, 9.17) is 4.74 Å². The van der Waals surface area contributed by atoms with Crippen LogP contribution in [0.4, 0.5) is 0 Å². The van der Waals surface area contributed by atoms with E-state index < -0.39 is 0 Å². The van der Waals surface area contributed by atoms with Crippen molar-refractivity contribution in [1.29, 1.82) is 0 Å². The summed E-state index contributed by atoms with van der Waals surface area (Å²) in [6, 6.07) is 11.1. The number of benzene rings is 1. The molecule has 1 aromatic carbocycles. The van der Waals surface area contributed by atoms with E-state index in [1.807, 2.05) is 24.3 Å². The van der Waals surface area contributed by atoms with Crippen LogP contribution in [0.1, 0.15) is 16.1 Å². The number of hydrogen-bond donors (Lipinski definition) is 0. The number of pyridine rings is 1. The van der Waals surface area contributed by atoms with Gasteiger partial charge >= 0.3 is 0 Å². The van der Waals surface area contributed by atoms with Gasteiger partial charge in [0.2, 0.25) is 0 Å². The Morgan fingerprint density at radius 2 is 1.88 bits per heavy atom. The highest BCUT2D eigenvalue weighted by atomic mass is 16.5. The van der Waals surface area contributed by atoms with E-state index in [1.54, 1.807) is 18.3 Å². The summed E-state index contributed by atoms with van der Waals surface area (Å²) >= 11 is 0. The van der Waals surface area contributed by atoms with E-state index in [9.17, 15) is 4.79 Å². The summed E-state index contributed by atoms with van der Waals surface area (Å²) in [4.78, 5) is 16.0. The zero-order valence-corrected chi connectivity index (χ0v) is 8.51. The van der Waals surface area contributed by atoms with Gasteiger partial charge in [-0.3, -0.25) is 4.79 Å². The Balaban J connectivity index is 2.18. The molecule has 0 radical (unpaired) electrons. The molecule has 0 aliphatic carbocycles. The second-order valence-electron chi connectivity index (χ2n) is 3.66. The number of ketones is 1. The smallest absolute Gasteiger partial charge is 0.189 e. The molecule has 0 amide bonds. The third-order valence-electron chi connectivity index (χ3n) is 2.58. The van der Waals surface area contributed by atoms with Gasteiger partial charge in [-0.05, 0) is 18.2 Å². The van der Waals surface area contributed by atoms with Gasteiger partial charge in [0, 0.05) is 18.2 Å². The molecule has 0 saturated carbocycles. The summed E-state index contributed by atoms with van der Waals surface area (Å²) in [7, 11) is 0. The monoisotopic (exact) mass is 211 g/mol. The number of aromatic nitrogens is 1. The van der Waals surface area contributed by atoms with E-state index in [-0.39, 0.29) is 5.78 Å². The quantitative estimate of drug-likeness (QED) is 0.672. The zero-order valence-electron chi connectivity index (χ0n) is 8.51. The lowest BCUT2D eigenvalue weighted by molar-refractivity contribution is 0.0988. The molecule has 3 heteroatoms. The first-order chi connectivity index (χ1) is 7.84. The van der Waals surface area contributed by atoms with Crippen molar-refractivity contribution >= 4 is 5.78 Å². The summed E-state index contributed by atoms with van der Waals surface area (Å²) < 4.78 is 5.69. The van der Waals surface area contributed by atoms with Crippen molar-refractivity contribution in [3.05, 3.63) is 53.9 Å². The molecule has 1 aromatic heterocycles. The molecule has 16 heavy (non-hydrogen) atoms. The summed E-state index contributed by atoms with van der Waals surface area (Å²) in [6.07, 6.45) is 1.95. The lowest BCUT2D eigenvalue weighted by Gasteiger charge is -2.06. The summed E-state index contributed by atoms with van der Waals surface area (Å²) in [6.45, 7) is 0. The average molecular weight is 211 g/mol. The van der Waals surface area contributed by atoms with Gasteiger partial charge in [-0.15, -0.1) is 0 Å². The Morgan fingerprint density at radius 1 is 1.06 bits per heavy atom. The normalized spacial score (nSPS) is 13.4. The van der Waals surface area contributed by atoms with Crippen LogP contribution in [0.3, 0.4) is 0 Å². The first-order valence-corrected chi connectivity index (χ1v) is 5.08. The van der Waals surface area contributed by atoms with Crippen molar-refractivity contribution in [3.63, 3.8) is 0 Å². The second kappa shape index (κ2) is 3.45. The fraction of sp³-hybridized carbons (Fsp3) is 0.0769. The lowest BCUT2D eigenvalue weighted by Crippen LogP contribution is -2.03. The maximum absolute atomic E-state index is 11.9. The molecule has 0 spiro atoms. The molecule has 1 aliphatic heterocycles. The minimum atomic E-state index is 0.000509. The van der Waals surface area contributed by atoms with Crippen LogP contribution in [0.5, 0.6) is 11.5 Å². The number of nitrogens with zero attached hydrogens (tertiary/aromatic N) is 1. The van der Waals surface area contributed by atoms with Crippen molar-refractivity contribution in [1.82, 2.24) is 4.98 Å². The molecule has 0 atom stereocenters. The van der Waals surface area contributed by atoms with Crippen molar-refractivity contribution in [3.8, 4) is 11.5 Å². The number of para-hydroxylation sites is 1. The highest BCUT2D eigenvalue weighted by Crippen LogP contribution is 2.31. The molecule has 0 fully saturated rings. The number of carbonyl (C=O) groups excluding carboxylic acids is 1. The van der Waals surface area contributed by atoms with Crippen LogP contribution in [-0.4, -0.2) is 10.8 Å². The molecular formula is C13H9NO2. The van der Waals surface area contributed by atoms with Crippen molar-refractivity contribution in [2.45, 2.75) is 6.42 Å². The number of fused-ring (bicyclic) bond motifs is 2. The third kappa shape index (κ3) is 1.37. The van der Waals surface area contributed by atoms with Gasteiger partial charge in [0.25, 0.3) is 0 Å². The Labute approximate surface area is 92.7 Å². The van der Waals surface area contributed by atoms with Gasteiger partial charge in [-0.25, -0.2) is 4.98 Å². The minimum absolute atomic E-state index is 0.000509. The first-order valence-electron chi connectivity index (χ1n) is 5.08. The predicted molar refractivity (Wildman–Crippen MR) is 58.8 cm³/mol. The largest absolute Gasteiger partial charge is 0.455 e. The number of ether oxygens (including phenoxy) is 1. The molecule has 2 aromatic rings. The zero-order chi connectivity index (χ0) is 11.0. The van der Waals surface area contributed by atoms with E-state index in [0.717, 1.165) is 11.3 Å². The highest BCUT2D eigenvalue weighted by Gasteiger charge is 2.21. The topological polar surface area (TPSA) is 39.2 Å². The average Bonchev–Trinajstić information content (AvgIpc) is 2.45.